The van der Waals surface area contributed by atoms with Crippen molar-refractivity contribution in [3.05, 3.63) is 59.7 Å². The lowest BCUT2D eigenvalue weighted by molar-refractivity contribution is 0.0954. The van der Waals surface area contributed by atoms with E-state index in [-0.39, 0.29) is 36.0 Å². The molecule has 2 aromatic carbocycles. The predicted molar refractivity (Wildman–Crippen MR) is 129 cm³/mol. The molecule has 0 saturated carbocycles. The molecule has 7 nitrogen and oxygen atoms in total. The third kappa shape index (κ3) is 6.79. The zero-order chi connectivity index (χ0) is 20.5. The van der Waals surface area contributed by atoms with Gasteiger partial charge in [0.2, 0.25) is 0 Å². The van der Waals surface area contributed by atoms with Crippen LogP contribution < -0.4 is 25.4 Å². The fourth-order valence-corrected chi connectivity index (χ4v) is 3.09. The van der Waals surface area contributed by atoms with Gasteiger partial charge >= 0.3 is 0 Å². The molecule has 1 atom stereocenters. The number of carbonyl (C=O) groups excluding carboxylic acids is 1. The van der Waals surface area contributed by atoms with Crippen LogP contribution in [0.5, 0.6) is 11.5 Å². The molecule has 30 heavy (non-hydrogen) atoms. The van der Waals surface area contributed by atoms with Gasteiger partial charge in [0.05, 0.1) is 13.7 Å². The topological polar surface area (TPSA) is 84.0 Å². The third-order valence-electron chi connectivity index (χ3n) is 4.57. The molecule has 0 fully saturated rings. The van der Waals surface area contributed by atoms with Crippen LogP contribution in [0.4, 0.5) is 0 Å². The van der Waals surface area contributed by atoms with E-state index in [1.165, 1.54) is 5.56 Å². The van der Waals surface area contributed by atoms with Gasteiger partial charge in [0, 0.05) is 31.6 Å². The number of amides is 1. The Balaban J connectivity index is 0.00000320. The Morgan fingerprint density at radius 3 is 2.53 bits per heavy atom. The van der Waals surface area contributed by atoms with Crippen molar-refractivity contribution in [3.8, 4) is 11.5 Å². The Kier molecular flexibility index (Phi) is 9.72. The van der Waals surface area contributed by atoms with Crippen LogP contribution in [0.25, 0.3) is 0 Å². The Labute approximate surface area is 194 Å². The van der Waals surface area contributed by atoms with Crippen LogP contribution in [0.15, 0.2) is 53.5 Å². The summed E-state index contributed by atoms with van der Waals surface area (Å²) in [7, 11) is 1.60. The molecule has 1 amide bonds. The molecule has 0 aliphatic carbocycles. The van der Waals surface area contributed by atoms with Crippen LogP contribution in [0.2, 0.25) is 0 Å². The van der Waals surface area contributed by atoms with E-state index in [0.29, 0.717) is 31.2 Å². The van der Waals surface area contributed by atoms with Crippen molar-refractivity contribution >= 4 is 35.8 Å². The SMILES string of the molecule is CCNC(=NCC1Cc2ccccc2O1)NCCNC(=O)c1ccc(OC)cc1.I. The molecule has 8 heteroatoms. The number of fused-ring (bicyclic) bond motifs is 1. The van der Waals surface area contributed by atoms with Crippen molar-refractivity contribution in [1.82, 2.24) is 16.0 Å². The minimum absolute atomic E-state index is 0. The maximum Gasteiger partial charge on any atom is 0.251 e. The molecule has 2 aromatic rings. The van der Waals surface area contributed by atoms with E-state index in [1.807, 2.05) is 25.1 Å². The predicted octanol–water partition coefficient (Wildman–Crippen LogP) is 2.60. The van der Waals surface area contributed by atoms with Crippen molar-refractivity contribution in [2.45, 2.75) is 19.4 Å². The van der Waals surface area contributed by atoms with Gasteiger partial charge in [0.1, 0.15) is 17.6 Å². The molecule has 3 N–H and O–H groups in total. The molecule has 0 spiro atoms. The van der Waals surface area contributed by atoms with Gasteiger partial charge in [-0.05, 0) is 42.8 Å². The number of hydrogen-bond donors (Lipinski definition) is 3. The van der Waals surface area contributed by atoms with Gasteiger partial charge in [0.25, 0.3) is 5.91 Å². The number of aliphatic imine (C=N–C) groups is 1. The van der Waals surface area contributed by atoms with E-state index >= 15 is 0 Å². The number of nitrogens with zero attached hydrogens (tertiary/aromatic N) is 1. The summed E-state index contributed by atoms with van der Waals surface area (Å²) in [6, 6.07) is 15.1. The monoisotopic (exact) mass is 524 g/mol. The first-order valence-electron chi connectivity index (χ1n) is 9.88. The second-order valence-electron chi connectivity index (χ2n) is 6.68. The first-order valence-corrected chi connectivity index (χ1v) is 9.88. The molecule has 162 valence electrons. The van der Waals surface area contributed by atoms with Crippen molar-refractivity contribution in [2.24, 2.45) is 4.99 Å². The van der Waals surface area contributed by atoms with Crippen molar-refractivity contribution in [2.75, 3.05) is 33.3 Å². The molecule has 0 saturated heterocycles. The highest BCUT2D eigenvalue weighted by Crippen LogP contribution is 2.28. The average molecular weight is 524 g/mol. The smallest absolute Gasteiger partial charge is 0.251 e. The number of guanidine groups is 1. The number of methoxy groups -OCH3 is 1. The van der Waals surface area contributed by atoms with Crippen LogP contribution in [0.1, 0.15) is 22.8 Å². The highest BCUT2D eigenvalue weighted by Gasteiger charge is 2.21. The van der Waals surface area contributed by atoms with Gasteiger partial charge in [-0.1, -0.05) is 18.2 Å². The molecule has 1 unspecified atom stereocenters. The van der Waals surface area contributed by atoms with Crippen LogP contribution in [-0.4, -0.2) is 51.3 Å². The fourth-order valence-electron chi connectivity index (χ4n) is 3.09. The minimum atomic E-state index is -0.117. The van der Waals surface area contributed by atoms with Crippen molar-refractivity contribution in [3.63, 3.8) is 0 Å². The van der Waals surface area contributed by atoms with E-state index < -0.39 is 0 Å². The second-order valence-corrected chi connectivity index (χ2v) is 6.68. The van der Waals surface area contributed by atoms with E-state index in [2.05, 4.69) is 27.0 Å². The van der Waals surface area contributed by atoms with Gasteiger partial charge in [0.15, 0.2) is 5.96 Å². The Bertz CT molecular complexity index is 818. The normalized spacial score (nSPS) is 14.7. The lowest BCUT2D eigenvalue weighted by Crippen LogP contribution is -2.42. The van der Waals surface area contributed by atoms with E-state index in [0.717, 1.165) is 24.5 Å². The molecule has 0 aromatic heterocycles. The van der Waals surface area contributed by atoms with E-state index in [9.17, 15) is 4.79 Å². The number of hydrogen-bond acceptors (Lipinski definition) is 4. The molecule has 0 bridgehead atoms. The zero-order valence-corrected chi connectivity index (χ0v) is 19.6. The number of para-hydroxylation sites is 1. The summed E-state index contributed by atoms with van der Waals surface area (Å²) in [5.41, 5.74) is 1.83. The molecule has 3 rings (SSSR count). The number of rotatable bonds is 8. The number of halogens is 1. The van der Waals surface area contributed by atoms with Crippen LogP contribution in [-0.2, 0) is 6.42 Å². The van der Waals surface area contributed by atoms with Gasteiger partial charge < -0.3 is 25.4 Å². The average Bonchev–Trinajstić information content (AvgIpc) is 3.18. The van der Waals surface area contributed by atoms with Crippen LogP contribution in [0, 0.1) is 0 Å². The van der Waals surface area contributed by atoms with E-state index in [1.54, 1.807) is 31.4 Å². The first kappa shape index (κ1) is 23.8. The lowest BCUT2D eigenvalue weighted by Gasteiger charge is -2.13. The summed E-state index contributed by atoms with van der Waals surface area (Å²) in [6.07, 6.45) is 0.925. The maximum absolute atomic E-state index is 12.2. The fraction of sp³-hybridized carbons (Fsp3) is 0.364. The first-order chi connectivity index (χ1) is 14.2. The Morgan fingerprint density at radius 2 is 1.83 bits per heavy atom. The van der Waals surface area contributed by atoms with Gasteiger partial charge in [-0.2, -0.15) is 0 Å². The van der Waals surface area contributed by atoms with Crippen LogP contribution >= 0.6 is 24.0 Å². The minimum Gasteiger partial charge on any atom is -0.497 e. The summed E-state index contributed by atoms with van der Waals surface area (Å²) in [6.45, 7) is 4.41. The van der Waals surface area contributed by atoms with E-state index in [4.69, 9.17) is 9.47 Å². The molecular formula is C22H29IN4O3. The second kappa shape index (κ2) is 12.3. The quantitative estimate of drug-likeness (QED) is 0.214. The summed E-state index contributed by atoms with van der Waals surface area (Å²) in [5.74, 6) is 2.27. The number of ether oxygens (including phenoxy) is 2. The van der Waals surface area contributed by atoms with Gasteiger partial charge in [-0.25, -0.2) is 4.99 Å². The Hall–Kier alpha value is -2.49. The standard InChI is InChI=1S/C22H28N4O3.HI/c1-3-23-22(26-15-19-14-17-6-4-5-7-20(17)29-19)25-13-12-24-21(27)16-8-10-18(28-2)11-9-16;/h4-11,19H,3,12-15H2,1-2H3,(H,24,27)(H2,23,25,26);1H. The van der Waals surface area contributed by atoms with Gasteiger partial charge in [-0.3, -0.25) is 4.79 Å². The maximum atomic E-state index is 12.2. The molecule has 1 aliphatic rings. The summed E-state index contributed by atoms with van der Waals surface area (Å²) >= 11 is 0. The molecule has 1 aliphatic heterocycles. The lowest BCUT2D eigenvalue weighted by atomic mass is 10.1. The number of nitrogens with one attached hydrogen (secondary N) is 3. The highest BCUT2D eigenvalue weighted by molar-refractivity contribution is 14.0. The van der Waals surface area contributed by atoms with Crippen LogP contribution in [0.3, 0.4) is 0 Å². The third-order valence-corrected chi connectivity index (χ3v) is 4.57. The highest BCUT2D eigenvalue weighted by atomic mass is 127. The summed E-state index contributed by atoms with van der Waals surface area (Å²) < 4.78 is 11.0. The molecule has 0 radical (unpaired) electrons. The molecule has 1 heterocycles. The number of carbonyl (C=O) groups is 1. The largest absolute Gasteiger partial charge is 0.497 e. The Morgan fingerprint density at radius 1 is 1.10 bits per heavy atom. The van der Waals surface area contributed by atoms with Crippen molar-refractivity contribution < 1.29 is 14.3 Å². The number of benzene rings is 2. The van der Waals surface area contributed by atoms with Gasteiger partial charge in [-0.15, -0.1) is 24.0 Å². The summed E-state index contributed by atoms with van der Waals surface area (Å²) in [5, 5.41) is 9.35. The zero-order valence-electron chi connectivity index (χ0n) is 17.3. The summed E-state index contributed by atoms with van der Waals surface area (Å²) in [4.78, 5) is 16.8. The molecular weight excluding hydrogens is 495 g/mol. The van der Waals surface area contributed by atoms with Crippen molar-refractivity contribution in [1.29, 1.82) is 0 Å².